The first-order valence-electron chi connectivity index (χ1n) is 6.29. The number of ether oxygens (including phenoxy) is 3. The summed E-state index contributed by atoms with van der Waals surface area (Å²) in [5.41, 5.74) is 0.707. The van der Waals surface area contributed by atoms with Crippen LogP contribution in [0.4, 0.5) is 0 Å². The molecule has 0 bridgehead atoms. The Morgan fingerprint density at radius 2 is 1.67 bits per heavy atom. The third-order valence-corrected chi connectivity index (χ3v) is 4.44. The second-order valence-corrected chi connectivity index (χ2v) is 6.52. The van der Waals surface area contributed by atoms with Crippen molar-refractivity contribution < 1.29 is 22.6 Å². The lowest BCUT2D eigenvalue weighted by atomic mass is 10.2. The van der Waals surface area contributed by atoms with Gasteiger partial charge in [-0.25, -0.2) is 13.1 Å². The molecule has 6 nitrogen and oxygen atoms in total. The Labute approximate surface area is 130 Å². The standard InChI is InChI=1S/C13H20ClNO5S/c1-18-11-7-10(8-12(19-2)13(11)20-3)9-15-21(16,17)6-4-5-14/h7-8,15H,4-6,9H2,1-3H3. The summed E-state index contributed by atoms with van der Waals surface area (Å²) in [4.78, 5) is 0. The molecule has 1 aromatic rings. The predicted molar refractivity (Wildman–Crippen MR) is 82.1 cm³/mol. The summed E-state index contributed by atoms with van der Waals surface area (Å²) in [5.74, 6) is 1.74. The number of rotatable bonds is 9. The molecular weight excluding hydrogens is 318 g/mol. The lowest BCUT2D eigenvalue weighted by molar-refractivity contribution is 0.323. The third kappa shape index (κ3) is 5.26. The Hall–Kier alpha value is -1.18. The second kappa shape index (κ2) is 8.31. The van der Waals surface area contributed by atoms with Gasteiger partial charge in [0.25, 0.3) is 0 Å². The summed E-state index contributed by atoms with van der Waals surface area (Å²) < 4.78 is 41.6. The van der Waals surface area contributed by atoms with Crippen molar-refractivity contribution in [3.8, 4) is 17.2 Å². The van der Waals surface area contributed by atoms with Crippen LogP contribution >= 0.6 is 11.6 Å². The summed E-state index contributed by atoms with van der Waals surface area (Å²) in [7, 11) is 1.18. The van der Waals surface area contributed by atoms with Gasteiger partial charge in [-0.15, -0.1) is 11.6 Å². The molecule has 0 amide bonds. The molecule has 0 saturated carbocycles. The Morgan fingerprint density at radius 3 is 2.10 bits per heavy atom. The third-order valence-electron chi connectivity index (χ3n) is 2.77. The molecule has 0 atom stereocenters. The van der Waals surface area contributed by atoms with Gasteiger partial charge < -0.3 is 14.2 Å². The molecule has 0 radical (unpaired) electrons. The molecule has 0 fully saturated rings. The van der Waals surface area contributed by atoms with E-state index in [2.05, 4.69) is 4.72 Å². The summed E-state index contributed by atoms with van der Waals surface area (Å²) >= 11 is 5.50. The molecule has 8 heteroatoms. The van der Waals surface area contributed by atoms with Crippen LogP contribution in [-0.4, -0.2) is 41.4 Å². The highest BCUT2D eigenvalue weighted by Gasteiger charge is 2.15. The minimum absolute atomic E-state index is 0.000917. The largest absolute Gasteiger partial charge is 0.493 e. The van der Waals surface area contributed by atoms with Gasteiger partial charge in [-0.1, -0.05) is 0 Å². The molecule has 0 aliphatic heterocycles. The van der Waals surface area contributed by atoms with Crippen molar-refractivity contribution in [2.75, 3.05) is 33.0 Å². The van der Waals surface area contributed by atoms with Crippen molar-refractivity contribution in [2.45, 2.75) is 13.0 Å². The van der Waals surface area contributed by atoms with Gasteiger partial charge >= 0.3 is 0 Å². The fourth-order valence-electron chi connectivity index (χ4n) is 1.75. The van der Waals surface area contributed by atoms with Gasteiger partial charge in [0.2, 0.25) is 15.8 Å². The second-order valence-electron chi connectivity index (χ2n) is 4.22. The molecule has 0 aromatic heterocycles. The molecule has 1 rings (SSSR count). The summed E-state index contributed by atoms with van der Waals surface area (Å²) in [5, 5.41) is 0. The number of halogens is 1. The normalized spacial score (nSPS) is 11.2. The first-order chi connectivity index (χ1) is 9.97. The highest BCUT2D eigenvalue weighted by atomic mass is 35.5. The zero-order valence-electron chi connectivity index (χ0n) is 12.3. The zero-order chi connectivity index (χ0) is 15.9. The highest BCUT2D eigenvalue weighted by Crippen LogP contribution is 2.38. The fourth-order valence-corrected chi connectivity index (χ4v) is 3.09. The molecule has 0 saturated heterocycles. The van der Waals surface area contributed by atoms with Crippen molar-refractivity contribution in [3.63, 3.8) is 0 Å². The Kier molecular flexibility index (Phi) is 7.07. The molecule has 0 aliphatic rings. The number of nitrogens with one attached hydrogen (secondary N) is 1. The molecule has 21 heavy (non-hydrogen) atoms. The van der Waals surface area contributed by atoms with Crippen LogP contribution in [0.3, 0.4) is 0 Å². The maximum Gasteiger partial charge on any atom is 0.211 e. The van der Waals surface area contributed by atoms with Gasteiger partial charge in [0, 0.05) is 12.4 Å². The van der Waals surface area contributed by atoms with Gasteiger partial charge in [0.05, 0.1) is 27.1 Å². The summed E-state index contributed by atoms with van der Waals surface area (Å²) in [6, 6.07) is 3.40. The van der Waals surface area contributed by atoms with E-state index in [0.29, 0.717) is 35.1 Å². The van der Waals surface area contributed by atoms with E-state index < -0.39 is 10.0 Å². The zero-order valence-corrected chi connectivity index (χ0v) is 13.9. The van der Waals surface area contributed by atoms with Gasteiger partial charge in [0.1, 0.15) is 0 Å². The molecule has 0 unspecified atom stereocenters. The molecule has 0 spiro atoms. The lowest BCUT2D eigenvalue weighted by Gasteiger charge is -2.14. The van der Waals surface area contributed by atoms with E-state index in [9.17, 15) is 8.42 Å². The van der Waals surface area contributed by atoms with Crippen molar-refractivity contribution in [1.82, 2.24) is 4.72 Å². The van der Waals surface area contributed by atoms with E-state index in [-0.39, 0.29) is 12.3 Å². The average Bonchev–Trinajstić information content (AvgIpc) is 2.49. The van der Waals surface area contributed by atoms with Crippen molar-refractivity contribution in [1.29, 1.82) is 0 Å². The molecule has 1 N–H and O–H groups in total. The Balaban J connectivity index is 2.89. The van der Waals surface area contributed by atoms with Gasteiger partial charge in [-0.05, 0) is 24.1 Å². The van der Waals surface area contributed by atoms with Crippen molar-refractivity contribution >= 4 is 21.6 Å². The quantitative estimate of drug-likeness (QED) is 0.695. The maximum absolute atomic E-state index is 11.7. The minimum atomic E-state index is -3.34. The van der Waals surface area contributed by atoms with E-state index in [1.54, 1.807) is 12.1 Å². The first kappa shape index (κ1) is 17.9. The number of benzene rings is 1. The van der Waals surface area contributed by atoms with Crippen LogP contribution in [0.1, 0.15) is 12.0 Å². The Bertz CT molecular complexity index is 537. The number of sulfonamides is 1. The predicted octanol–water partition coefficient (Wildman–Crippen LogP) is 1.76. The topological polar surface area (TPSA) is 73.9 Å². The monoisotopic (exact) mass is 337 g/mol. The number of hydrogen-bond donors (Lipinski definition) is 1. The SMILES string of the molecule is COc1cc(CNS(=O)(=O)CCCCl)cc(OC)c1OC. The summed E-state index contributed by atoms with van der Waals surface area (Å²) in [6.45, 7) is 0.140. The fraction of sp³-hybridized carbons (Fsp3) is 0.538. The lowest BCUT2D eigenvalue weighted by Crippen LogP contribution is -2.26. The molecule has 0 heterocycles. The van der Waals surface area contributed by atoms with Gasteiger partial charge in [-0.3, -0.25) is 0 Å². The molecule has 120 valence electrons. The van der Waals surface area contributed by atoms with E-state index in [0.717, 1.165) is 0 Å². The van der Waals surface area contributed by atoms with Crippen LogP contribution in [0.2, 0.25) is 0 Å². The van der Waals surface area contributed by atoms with E-state index in [1.807, 2.05) is 0 Å². The highest BCUT2D eigenvalue weighted by molar-refractivity contribution is 7.89. The number of alkyl halides is 1. The van der Waals surface area contributed by atoms with Crippen LogP contribution in [-0.2, 0) is 16.6 Å². The van der Waals surface area contributed by atoms with E-state index in [4.69, 9.17) is 25.8 Å². The molecular formula is C13H20ClNO5S. The maximum atomic E-state index is 11.7. The number of hydrogen-bond acceptors (Lipinski definition) is 5. The summed E-state index contributed by atoms with van der Waals surface area (Å²) in [6.07, 6.45) is 0.409. The smallest absolute Gasteiger partial charge is 0.211 e. The molecule has 0 aliphatic carbocycles. The average molecular weight is 338 g/mol. The first-order valence-corrected chi connectivity index (χ1v) is 8.48. The van der Waals surface area contributed by atoms with Gasteiger partial charge in [0.15, 0.2) is 11.5 Å². The van der Waals surface area contributed by atoms with Crippen LogP contribution in [0.5, 0.6) is 17.2 Å². The minimum Gasteiger partial charge on any atom is -0.493 e. The van der Waals surface area contributed by atoms with E-state index >= 15 is 0 Å². The van der Waals surface area contributed by atoms with E-state index in [1.165, 1.54) is 21.3 Å². The van der Waals surface area contributed by atoms with Crippen molar-refractivity contribution in [3.05, 3.63) is 17.7 Å². The molecule has 1 aromatic carbocycles. The van der Waals surface area contributed by atoms with Crippen LogP contribution < -0.4 is 18.9 Å². The number of methoxy groups -OCH3 is 3. The Morgan fingerprint density at radius 1 is 1.10 bits per heavy atom. The van der Waals surface area contributed by atoms with Gasteiger partial charge in [-0.2, -0.15) is 0 Å². The van der Waals surface area contributed by atoms with Crippen molar-refractivity contribution in [2.24, 2.45) is 0 Å². The van der Waals surface area contributed by atoms with Crippen LogP contribution in [0, 0.1) is 0 Å². The van der Waals surface area contributed by atoms with Crippen LogP contribution in [0.25, 0.3) is 0 Å². The van der Waals surface area contributed by atoms with Crippen LogP contribution in [0.15, 0.2) is 12.1 Å².